The highest BCUT2D eigenvalue weighted by Gasteiger charge is 2.35. The molecule has 0 radical (unpaired) electrons. The number of aromatic nitrogens is 1. The molecule has 5 rings (SSSR count). The Balaban J connectivity index is 1.34. The number of rotatable bonds is 3. The number of hydrogen-bond acceptors (Lipinski definition) is 4. The summed E-state index contributed by atoms with van der Waals surface area (Å²) in [6.45, 7) is 2.77. The molecule has 4 aromatic rings. The van der Waals surface area contributed by atoms with Gasteiger partial charge >= 0.3 is 0 Å². The number of carbonyl (C=O) groups excluding carboxylic acids is 1. The van der Waals surface area contributed by atoms with Crippen LogP contribution >= 0.6 is 0 Å². The molecule has 1 aliphatic rings. The fourth-order valence-corrected chi connectivity index (χ4v) is 4.18. The number of furan rings is 1. The van der Waals surface area contributed by atoms with E-state index in [4.69, 9.17) is 9.40 Å². The van der Waals surface area contributed by atoms with E-state index in [1.165, 1.54) is 0 Å². The molecule has 5 nitrogen and oxygen atoms in total. The molecule has 0 spiro atoms. The van der Waals surface area contributed by atoms with Gasteiger partial charge in [-0.15, -0.1) is 0 Å². The lowest BCUT2D eigenvalue weighted by atomic mass is 9.99. The van der Waals surface area contributed by atoms with Gasteiger partial charge in [0, 0.05) is 35.5 Å². The summed E-state index contributed by atoms with van der Waals surface area (Å²) in [5, 5.41) is 12.6. The minimum Gasteiger partial charge on any atom is -0.451 e. The van der Waals surface area contributed by atoms with Gasteiger partial charge in [0.2, 0.25) is 0 Å². The second kappa shape index (κ2) is 7.01. The van der Waals surface area contributed by atoms with E-state index in [-0.39, 0.29) is 11.8 Å². The molecule has 2 aromatic carbocycles. The van der Waals surface area contributed by atoms with Crippen molar-refractivity contribution in [3.63, 3.8) is 0 Å². The summed E-state index contributed by atoms with van der Waals surface area (Å²) in [7, 11) is 0. The van der Waals surface area contributed by atoms with Gasteiger partial charge in [0.05, 0.1) is 11.6 Å². The molecule has 1 fully saturated rings. The number of aryl methyl sites for hydroxylation is 1. The van der Waals surface area contributed by atoms with Crippen LogP contribution in [0.4, 0.5) is 0 Å². The number of hydrogen-bond donors (Lipinski definition) is 1. The highest BCUT2D eigenvalue weighted by Crippen LogP contribution is 2.27. The van der Waals surface area contributed by atoms with Crippen LogP contribution in [0.3, 0.4) is 0 Å². The van der Waals surface area contributed by atoms with Crippen molar-refractivity contribution in [1.82, 2.24) is 9.88 Å². The Morgan fingerprint density at radius 2 is 1.93 bits per heavy atom. The molecule has 146 valence electrons. The molecule has 1 amide bonds. The van der Waals surface area contributed by atoms with Crippen molar-refractivity contribution in [2.75, 3.05) is 13.1 Å². The highest BCUT2D eigenvalue weighted by atomic mass is 16.3. The first-order valence-corrected chi connectivity index (χ1v) is 9.89. The molecule has 2 aromatic heterocycles. The summed E-state index contributed by atoms with van der Waals surface area (Å²) in [5.74, 6) is 0.110. The summed E-state index contributed by atoms with van der Waals surface area (Å²) in [6.07, 6.45) is 0.0630. The number of likely N-dealkylation sites (tertiary alicyclic amines) is 1. The topological polar surface area (TPSA) is 66.6 Å². The fourth-order valence-electron chi connectivity index (χ4n) is 4.18. The Kier molecular flexibility index (Phi) is 4.32. The standard InChI is InChI=1S/C24H22N2O3/c1-15-5-4-7-17-12-22(29-23(15)17)24(28)26-13-18(21(27)14-26)11-19-10-9-16-6-2-3-8-20(16)25-19/h2-10,12,18,21,27H,11,13-14H2,1H3/t18-,21-/m1/s1. The molecular formula is C24H22N2O3. The van der Waals surface area contributed by atoms with Crippen molar-refractivity contribution in [1.29, 1.82) is 0 Å². The first-order chi connectivity index (χ1) is 14.1. The summed E-state index contributed by atoms with van der Waals surface area (Å²) in [5.41, 5.74) is 3.63. The first-order valence-electron chi connectivity index (χ1n) is 9.89. The van der Waals surface area contributed by atoms with E-state index < -0.39 is 6.10 Å². The number of benzene rings is 2. The molecule has 0 saturated carbocycles. The number of amides is 1. The second-order valence-electron chi connectivity index (χ2n) is 7.84. The Morgan fingerprint density at radius 1 is 1.10 bits per heavy atom. The molecule has 3 heterocycles. The minimum absolute atomic E-state index is 0.0428. The average Bonchev–Trinajstić information content (AvgIpc) is 3.32. The maximum Gasteiger partial charge on any atom is 0.289 e. The molecule has 0 unspecified atom stereocenters. The number of fused-ring (bicyclic) bond motifs is 2. The monoisotopic (exact) mass is 386 g/mol. The molecule has 1 saturated heterocycles. The van der Waals surface area contributed by atoms with E-state index in [1.807, 2.05) is 55.5 Å². The van der Waals surface area contributed by atoms with Crippen LogP contribution in [0.25, 0.3) is 21.9 Å². The van der Waals surface area contributed by atoms with Gasteiger partial charge in [-0.3, -0.25) is 9.78 Å². The van der Waals surface area contributed by atoms with Crippen LogP contribution in [0, 0.1) is 12.8 Å². The molecule has 1 aliphatic heterocycles. The van der Waals surface area contributed by atoms with Gasteiger partial charge in [-0.1, -0.05) is 42.5 Å². The highest BCUT2D eigenvalue weighted by molar-refractivity contribution is 5.96. The molecule has 0 bridgehead atoms. The predicted molar refractivity (Wildman–Crippen MR) is 112 cm³/mol. The van der Waals surface area contributed by atoms with Crippen molar-refractivity contribution in [3.8, 4) is 0 Å². The maximum atomic E-state index is 13.0. The predicted octanol–water partition coefficient (Wildman–Crippen LogP) is 3.97. The lowest BCUT2D eigenvalue weighted by Gasteiger charge is -2.14. The Hall–Kier alpha value is -3.18. The smallest absolute Gasteiger partial charge is 0.289 e. The zero-order valence-corrected chi connectivity index (χ0v) is 16.2. The van der Waals surface area contributed by atoms with Crippen molar-refractivity contribution >= 4 is 27.8 Å². The number of para-hydroxylation sites is 2. The van der Waals surface area contributed by atoms with Gasteiger partial charge in [-0.2, -0.15) is 0 Å². The second-order valence-corrected chi connectivity index (χ2v) is 7.84. The van der Waals surface area contributed by atoms with E-state index in [1.54, 1.807) is 11.0 Å². The van der Waals surface area contributed by atoms with Crippen LogP contribution in [0.5, 0.6) is 0 Å². The van der Waals surface area contributed by atoms with Crippen molar-refractivity contribution < 1.29 is 14.3 Å². The minimum atomic E-state index is -0.571. The van der Waals surface area contributed by atoms with E-state index in [0.29, 0.717) is 25.3 Å². The number of nitrogens with zero attached hydrogens (tertiary/aromatic N) is 2. The van der Waals surface area contributed by atoms with E-state index in [0.717, 1.165) is 33.1 Å². The third-order valence-electron chi connectivity index (χ3n) is 5.77. The van der Waals surface area contributed by atoms with Crippen LogP contribution in [0.2, 0.25) is 0 Å². The van der Waals surface area contributed by atoms with Crippen LogP contribution in [-0.2, 0) is 6.42 Å². The van der Waals surface area contributed by atoms with Gasteiger partial charge < -0.3 is 14.4 Å². The lowest BCUT2D eigenvalue weighted by molar-refractivity contribution is 0.0736. The number of aliphatic hydroxyl groups is 1. The summed E-state index contributed by atoms with van der Waals surface area (Å²) in [4.78, 5) is 19.3. The zero-order valence-electron chi connectivity index (χ0n) is 16.2. The van der Waals surface area contributed by atoms with Crippen molar-refractivity contribution in [2.24, 2.45) is 5.92 Å². The Labute approximate surface area is 168 Å². The summed E-state index contributed by atoms with van der Waals surface area (Å²) >= 11 is 0. The largest absolute Gasteiger partial charge is 0.451 e. The summed E-state index contributed by atoms with van der Waals surface area (Å²) in [6, 6.07) is 19.7. The zero-order chi connectivity index (χ0) is 20.0. The quantitative estimate of drug-likeness (QED) is 0.579. The SMILES string of the molecule is Cc1cccc2cc(C(=O)N3C[C@@H](Cc4ccc5ccccc5n4)[C@H](O)C3)oc12. The fraction of sp³-hybridized carbons (Fsp3) is 0.250. The Bertz CT molecular complexity index is 1210. The van der Waals surface area contributed by atoms with E-state index >= 15 is 0 Å². The number of carbonyl (C=O) groups is 1. The third kappa shape index (κ3) is 3.28. The van der Waals surface area contributed by atoms with Crippen molar-refractivity contribution in [2.45, 2.75) is 19.4 Å². The first kappa shape index (κ1) is 17.9. The summed E-state index contributed by atoms with van der Waals surface area (Å²) < 4.78 is 5.82. The molecule has 1 N–H and O–H groups in total. The van der Waals surface area contributed by atoms with Crippen molar-refractivity contribution in [3.05, 3.63) is 77.7 Å². The number of aliphatic hydroxyl groups excluding tert-OH is 1. The molecule has 2 atom stereocenters. The van der Waals surface area contributed by atoms with E-state index in [2.05, 4.69) is 6.07 Å². The van der Waals surface area contributed by atoms with Crippen LogP contribution in [0.15, 0.2) is 65.1 Å². The molecule has 29 heavy (non-hydrogen) atoms. The van der Waals surface area contributed by atoms with E-state index in [9.17, 15) is 9.90 Å². The number of β-amino-alcohol motifs (C(OH)–C–C–N with tert-alkyl or cyclic N) is 1. The molecule has 5 heteroatoms. The maximum absolute atomic E-state index is 13.0. The van der Waals surface area contributed by atoms with Gasteiger partial charge in [-0.25, -0.2) is 0 Å². The Morgan fingerprint density at radius 3 is 2.79 bits per heavy atom. The van der Waals surface area contributed by atoms with Gasteiger partial charge in [0.1, 0.15) is 5.58 Å². The van der Waals surface area contributed by atoms with Gasteiger partial charge in [0.25, 0.3) is 5.91 Å². The molecular weight excluding hydrogens is 364 g/mol. The van der Waals surface area contributed by atoms with Gasteiger partial charge in [0.15, 0.2) is 5.76 Å². The van der Waals surface area contributed by atoms with Crippen LogP contribution in [0.1, 0.15) is 21.8 Å². The lowest BCUT2D eigenvalue weighted by Crippen LogP contribution is -2.29. The van der Waals surface area contributed by atoms with Crippen LogP contribution in [-0.4, -0.2) is 40.1 Å². The van der Waals surface area contributed by atoms with Crippen LogP contribution < -0.4 is 0 Å². The average molecular weight is 386 g/mol. The molecule has 0 aliphatic carbocycles. The normalized spacial score (nSPS) is 19.3. The third-order valence-corrected chi connectivity index (χ3v) is 5.77. The van der Waals surface area contributed by atoms with Gasteiger partial charge in [-0.05, 0) is 37.1 Å². The number of pyridine rings is 1.